The summed E-state index contributed by atoms with van der Waals surface area (Å²) in [6.45, 7) is 1.40. The first-order chi connectivity index (χ1) is 9.23. The summed E-state index contributed by atoms with van der Waals surface area (Å²) in [5.74, 6) is -2.44. The van der Waals surface area contributed by atoms with Crippen LogP contribution in [0, 0.1) is 16.0 Å². The van der Waals surface area contributed by atoms with E-state index in [4.69, 9.17) is 16.7 Å². The molecule has 1 rings (SSSR count). The highest BCUT2D eigenvalue weighted by Crippen LogP contribution is 2.24. The number of rotatable bonds is 5. The molecule has 0 radical (unpaired) electrons. The van der Waals surface area contributed by atoms with Gasteiger partial charge in [0.25, 0.3) is 11.6 Å². The fraction of sp³-hybridized carbons (Fsp3) is 0.333. The van der Waals surface area contributed by atoms with E-state index >= 15 is 0 Å². The SMILES string of the molecule is CC(CN(C)C(=O)c1ccc(Cl)cc1[N+](=O)[O-])C(=O)O. The van der Waals surface area contributed by atoms with Crippen LogP contribution < -0.4 is 0 Å². The Bertz CT molecular complexity index is 561. The number of hydrogen-bond donors (Lipinski definition) is 1. The maximum absolute atomic E-state index is 12.1. The molecule has 0 aliphatic carbocycles. The summed E-state index contributed by atoms with van der Waals surface area (Å²) in [7, 11) is 1.39. The Kier molecular flexibility index (Phi) is 5.04. The van der Waals surface area contributed by atoms with E-state index in [1.807, 2.05) is 0 Å². The first kappa shape index (κ1) is 15.9. The molecule has 0 aromatic heterocycles. The lowest BCUT2D eigenvalue weighted by molar-refractivity contribution is -0.385. The summed E-state index contributed by atoms with van der Waals surface area (Å²) in [4.78, 5) is 34.2. The summed E-state index contributed by atoms with van der Waals surface area (Å²) in [5.41, 5.74) is -0.531. The van der Waals surface area contributed by atoms with Gasteiger partial charge in [0.05, 0.1) is 10.8 Å². The molecule has 1 aromatic rings. The highest BCUT2D eigenvalue weighted by Gasteiger charge is 2.25. The van der Waals surface area contributed by atoms with Crippen LogP contribution in [-0.4, -0.2) is 40.4 Å². The molecule has 0 heterocycles. The Balaban J connectivity index is 3.03. The lowest BCUT2D eigenvalue weighted by atomic mass is 10.1. The van der Waals surface area contributed by atoms with Crippen molar-refractivity contribution in [2.24, 2.45) is 5.92 Å². The van der Waals surface area contributed by atoms with Gasteiger partial charge in [0.2, 0.25) is 0 Å². The summed E-state index contributed by atoms with van der Waals surface area (Å²) in [6.07, 6.45) is 0. The minimum Gasteiger partial charge on any atom is -0.481 e. The van der Waals surface area contributed by atoms with Crippen molar-refractivity contribution < 1.29 is 19.6 Å². The van der Waals surface area contributed by atoms with E-state index < -0.39 is 28.4 Å². The molecule has 1 N–H and O–H groups in total. The molecule has 1 atom stereocenters. The Hall–Kier alpha value is -2.15. The molecular formula is C12H13ClN2O5. The number of halogens is 1. The zero-order chi connectivity index (χ0) is 15.4. The average Bonchev–Trinajstić information content (AvgIpc) is 2.37. The predicted octanol–water partition coefficient (Wildman–Crippen LogP) is 2.04. The summed E-state index contributed by atoms with van der Waals surface area (Å²) >= 11 is 5.66. The highest BCUT2D eigenvalue weighted by molar-refractivity contribution is 6.31. The number of amides is 1. The Labute approximate surface area is 119 Å². The van der Waals surface area contributed by atoms with Crippen molar-refractivity contribution in [3.63, 3.8) is 0 Å². The summed E-state index contributed by atoms with van der Waals surface area (Å²) in [5, 5.41) is 19.9. The van der Waals surface area contributed by atoms with Gasteiger partial charge >= 0.3 is 5.97 Å². The lowest BCUT2D eigenvalue weighted by Crippen LogP contribution is -2.34. The van der Waals surface area contributed by atoms with E-state index in [9.17, 15) is 19.7 Å². The van der Waals surface area contributed by atoms with Gasteiger partial charge in [0, 0.05) is 24.7 Å². The lowest BCUT2D eigenvalue weighted by Gasteiger charge is -2.19. The van der Waals surface area contributed by atoms with Crippen LogP contribution in [0.2, 0.25) is 5.02 Å². The van der Waals surface area contributed by atoms with Crippen molar-refractivity contribution in [2.75, 3.05) is 13.6 Å². The second-order valence-corrected chi connectivity index (χ2v) is 4.78. The predicted molar refractivity (Wildman–Crippen MR) is 71.9 cm³/mol. The molecule has 20 heavy (non-hydrogen) atoms. The minimum atomic E-state index is -1.05. The van der Waals surface area contributed by atoms with E-state index in [2.05, 4.69) is 0 Å². The average molecular weight is 301 g/mol. The van der Waals surface area contributed by atoms with Crippen LogP contribution in [-0.2, 0) is 4.79 Å². The van der Waals surface area contributed by atoms with Crippen LogP contribution in [0.1, 0.15) is 17.3 Å². The molecular weight excluding hydrogens is 288 g/mol. The van der Waals surface area contributed by atoms with E-state index in [-0.39, 0.29) is 17.1 Å². The van der Waals surface area contributed by atoms with Crippen LogP contribution >= 0.6 is 11.6 Å². The number of benzene rings is 1. The van der Waals surface area contributed by atoms with Gasteiger partial charge in [-0.3, -0.25) is 19.7 Å². The van der Waals surface area contributed by atoms with E-state index in [1.165, 1.54) is 26.1 Å². The molecule has 7 nitrogen and oxygen atoms in total. The summed E-state index contributed by atoms with van der Waals surface area (Å²) in [6, 6.07) is 3.71. The van der Waals surface area contributed by atoms with E-state index in [0.29, 0.717) is 0 Å². The Morgan fingerprint density at radius 3 is 2.60 bits per heavy atom. The van der Waals surface area contributed by atoms with Crippen molar-refractivity contribution in [1.29, 1.82) is 0 Å². The quantitative estimate of drug-likeness (QED) is 0.662. The first-order valence-electron chi connectivity index (χ1n) is 5.66. The molecule has 1 aromatic carbocycles. The van der Waals surface area contributed by atoms with Gasteiger partial charge in [-0.15, -0.1) is 0 Å². The second kappa shape index (κ2) is 6.33. The van der Waals surface area contributed by atoms with Gasteiger partial charge in [0.15, 0.2) is 0 Å². The maximum atomic E-state index is 12.1. The molecule has 0 saturated heterocycles. The number of hydrogen-bond acceptors (Lipinski definition) is 4. The van der Waals surface area contributed by atoms with Crippen LogP contribution in [0.4, 0.5) is 5.69 Å². The number of aliphatic carboxylic acids is 1. The molecule has 0 aliphatic rings. The third-order valence-electron chi connectivity index (χ3n) is 2.70. The minimum absolute atomic E-state index is 0.0477. The molecule has 1 amide bonds. The van der Waals surface area contributed by atoms with Crippen LogP contribution in [0.25, 0.3) is 0 Å². The summed E-state index contributed by atoms with van der Waals surface area (Å²) < 4.78 is 0. The number of carbonyl (C=O) groups is 2. The fourth-order valence-corrected chi connectivity index (χ4v) is 1.78. The largest absolute Gasteiger partial charge is 0.481 e. The fourth-order valence-electron chi connectivity index (χ4n) is 1.61. The highest BCUT2D eigenvalue weighted by atomic mass is 35.5. The number of nitro benzene ring substituents is 1. The molecule has 108 valence electrons. The standard InChI is InChI=1S/C12H13ClN2O5/c1-7(12(17)18)6-14(2)11(16)9-4-3-8(13)5-10(9)15(19)20/h3-5,7H,6H2,1-2H3,(H,17,18). The van der Waals surface area contributed by atoms with Crippen LogP contribution in [0.15, 0.2) is 18.2 Å². The number of nitro groups is 1. The Morgan fingerprint density at radius 1 is 1.50 bits per heavy atom. The maximum Gasteiger partial charge on any atom is 0.308 e. The molecule has 8 heteroatoms. The first-order valence-corrected chi connectivity index (χ1v) is 6.04. The number of carbonyl (C=O) groups excluding carboxylic acids is 1. The van der Waals surface area contributed by atoms with Crippen LogP contribution in [0.5, 0.6) is 0 Å². The van der Waals surface area contributed by atoms with Gasteiger partial charge in [-0.05, 0) is 12.1 Å². The van der Waals surface area contributed by atoms with Crippen molar-refractivity contribution in [2.45, 2.75) is 6.92 Å². The topological polar surface area (TPSA) is 101 Å². The molecule has 0 aliphatic heterocycles. The van der Waals surface area contributed by atoms with Crippen molar-refractivity contribution in [3.05, 3.63) is 38.9 Å². The molecule has 0 bridgehead atoms. The number of carboxylic acids is 1. The zero-order valence-electron chi connectivity index (χ0n) is 10.9. The van der Waals surface area contributed by atoms with Crippen molar-refractivity contribution in [1.82, 2.24) is 4.90 Å². The van der Waals surface area contributed by atoms with Gasteiger partial charge in [-0.1, -0.05) is 18.5 Å². The van der Waals surface area contributed by atoms with Gasteiger partial charge in [0.1, 0.15) is 5.56 Å². The van der Waals surface area contributed by atoms with Crippen LogP contribution in [0.3, 0.4) is 0 Å². The smallest absolute Gasteiger partial charge is 0.308 e. The zero-order valence-corrected chi connectivity index (χ0v) is 11.6. The third kappa shape index (κ3) is 3.67. The van der Waals surface area contributed by atoms with Crippen molar-refractivity contribution in [3.8, 4) is 0 Å². The molecule has 0 spiro atoms. The normalized spacial score (nSPS) is 11.8. The number of carboxylic acid groups (broad SMARTS) is 1. The monoisotopic (exact) mass is 300 g/mol. The van der Waals surface area contributed by atoms with E-state index in [1.54, 1.807) is 0 Å². The molecule has 0 saturated carbocycles. The van der Waals surface area contributed by atoms with Gasteiger partial charge in [-0.25, -0.2) is 0 Å². The molecule has 1 unspecified atom stereocenters. The molecule has 0 fully saturated rings. The van der Waals surface area contributed by atoms with E-state index in [0.717, 1.165) is 11.0 Å². The number of nitrogens with zero attached hydrogens (tertiary/aromatic N) is 2. The third-order valence-corrected chi connectivity index (χ3v) is 2.94. The van der Waals surface area contributed by atoms with Gasteiger partial charge < -0.3 is 10.0 Å². The Morgan fingerprint density at radius 2 is 2.10 bits per heavy atom. The van der Waals surface area contributed by atoms with Gasteiger partial charge in [-0.2, -0.15) is 0 Å². The van der Waals surface area contributed by atoms with Crippen molar-refractivity contribution >= 4 is 29.2 Å². The second-order valence-electron chi connectivity index (χ2n) is 4.34.